The van der Waals surface area contributed by atoms with E-state index in [1.807, 2.05) is 20.8 Å². The third kappa shape index (κ3) is 1.45. The Hall–Kier alpha value is -2.11. The van der Waals surface area contributed by atoms with Crippen molar-refractivity contribution in [3.05, 3.63) is 28.2 Å². The molecule has 6 heteroatoms. The van der Waals surface area contributed by atoms with Crippen molar-refractivity contribution in [2.45, 2.75) is 33.1 Å². The van der Waals surface area contributed by atoms with Crippen LogP contribution >= 0.6 is 0 Å². The molecule has 94 valence electrons. The normalized spacial score (nSPS) is 18.6. The summed E-state index contributed by atoms with van der Waals surface area (Å²) < 4.78 is 5.15. The summed E-state index contributed by atoms with van der Waals surface area (Å²) >= 11 is 0. The molecule has 0 spiro atoms. The monoisotopic (exact) mass is 246 g/mol. The van der Waals surface area contributed by atoms with Gasteiger partial charge in [0.05, 0.1) is 11.4 Å². The molecule has 3 rings (SSSR count). The van der Waals surface area contributed by atoms with Gasteiger partial charge in [-0.25, -0.2) is 0 Å². The second kappa shape index (κ2) is 3.69. The number of anilines is 1. The number of H-pyrrole nitrogens is 1. The summed E-state index contributed by atoms with van der Waals surface area (Å²) in [5, 5.41) is 13.8. The molecule has 1 aliphatic rings. The summed E-state index contributed by atoms with van der Waals surface area (Å²) in [6.07, 6.45) is 0.399. The minimum absolute atomic E-state index is 0.0289. The third-order valence-corrected chi connectivity index (χ3v) is 3.43. The molecule has 0 fully saturated rings. The lowest BCUT2D eigenvalue weighted by Crippen LogP contribution is -2.23. The summed E-state index contributed by atoms with van der Waals surface area (Å²) in [7, 11) is 0. The molecule has 6 nitrogen and oxygen atoms in total. The van der Waals surface area contributed by atoms with Crippen LogP contribution < -0.4 is 5.32 Å². The van der Waals surface area contributed by atoms with E-state index in [4.69, 9.17) is 4.52 Å². The van der Waals surface area contributed by atoms with E-state index in [1.54, 1.807) is 0 Å². The van der Waals surface area contributed by atoms with Crippen LogP contribution in [-0.2, 0) is 4.79 Å². The highest BCUT2D eigenvalue weighted by molar-refractivity contribution is 5.94. The highest BCUT2D eigenvalue weighted by Gasteiger charge is 2.34. The number of rotatable bonds is 1. The lowest BCUT2D eigenvalue weighted by molar-refractivity contribution is -0.116. The highest BCUT2D eigenvalue weighted by atomic mass is 16.5. The van der Waals surface area contributed by atoms with Gasteiger partial charge in [-0.2, -0.15) is 5.10 Å². The average molecular weight is 246 g/mol. The number of nitrogens with one attached hydrogen (secondary N) is 2. The Bertz CT molecular complexity index is 607. The zero-order valence-electron chi connectivity index (χ0n) is 10.5. The Morgan fingerprint density at radius 2 is 2.00 bits per heavy atom. The molecule has 3 heterocycles. The number of nitrogens with zero attached hydrogens (tertiary/aromatic N) is 2. The smallest absolute Gasteiger partial charge is 0.235 e. The van der Waals surface area contributed by atoms with Gasteiger partial charge in [-0.15, -0.1) is 0 Å². The van der Waals surface area contributed by atoms with Crippen molar-refractivity contribution in [1.29, 1.82) is 0 Å². The van der Waals surface area contributed by atoms with E-state index >= 15 is 0 Å². The van der Waals surface area contributed by atoms with Crippen molar-refractivity contribution < 1.29 is 9.32 Å². The van der Waals surface area contributed by atoms with Gasteiger partial charge in [0.2, 0.25) is 11.8 Å². The van der Waals surface area contributed by atoms with Gasteiger partial charge in [0.15, 0.2) is 0 Å². The Labute approximate surface area is 104 Å². The molecule has 18 heavy (non-hydrogen) atoms. The number of aromatic amines is 1. The SMILES string of the molecule is Cc1n[nH]c(C)c1C1CC(=O)Nc2onc(C)c21. The summed E-state index contributed by atoms with van der Waals surface area (Å²) in [6.45, 7) is 5.79. The lowest BCUT2D eigenvalue weighted by Gasteiger charge is -2.21. The molecule has 1 aliphatic heterocycles. The molecule has 2 aromatic rings. The van der Waals surface area contributed by atoms with Crippen LogP contribution in [-0.4, -0.2) is 21.3 Å². The fraction of sp³-hybridized carbons (Fsp3) is 0.417. The molecule has 2 aromatic heterocycles. The van der Waals surface area contributed by atoms with Crippen LogP contribution in [0.4, 0.5) is 5.88 Å². The maximum Gasteiger partial charge on any atom is 0.235 e. The Balaban J connectivity index is 2.18. The molecule has 1 unspecified atom stereocenters. The number of fused-ring (bicyclic) bond motifs is 1. The quantitative estimate of drug-likeness (QED) is 0.803. The molecular weight excluding hydrogens is 232 g/mol. The number of carbonyl (C=O) groups is 1. The molecule has 1 atom stereocenters. The first-order valence-electron chi connectivity index (χ1n) is 5.85. The van der Waals surface area contributed by atoms with Gasteiger partial charge in [-0.05, 0) is 20.8 Å². The van der Waals surface area contributed by atoms with Gasteiger partial charge in [-0.1, -0.05) is 5.16 Å². The second-order valence-electron chi connectivity index (χ2n) is 4.66. The maximum absolute atomic E-state index is 11.7. The van der Waals surface area contributed by atoms with Crippen molar-refractivity contribution in [2.75, 3.05) is 5.32 Å². The van der Waals surface area contributed by atoms with Gasteiger partial charge < -0.3 is 4.52 Å². The van der Waals surface area contributed by atoms with Crippen LogP contribution in [0.25, 0.3) is 0 Å². The van der Waals surface area contributed by atoms with Crippen molar-refractivity contribution in [1.82, 2.24) is 15.4 Å². The number of aryl methyl sites for hydroxylation is 3. The van der Waals surface area contributed by atoms with Crippen LogP contribution in [0.5, 0.6) is 0 Å². The van der Waals surface area contributed by atoms with Crippen LogP contribution in [0.3, 0.4) is 0 Å². The summed E-state index contributed by atoms with van der Waals surface area (Å²) in [4.78, 5) is 11.7. The minimum Gasteiger partial charge on any atom is -0.338 e. The summed E-state index contributed by atoms with van der Waals surface area (Å²) in [5.74, 6) is 0.385. The fourth-order valence-corrected chi connectivity index (χ4v) is 2.66. The Kier molecular flexibility index (Phi) is 2.26. The zero-order chi connectivity index (χ0) is 12.9. The van der Waals surface area contributed by atoms with Crippen molar-refractivity contribution in [2.24, 2.45) is 0 Å². The van der Waals surface area contributed by atoms with Gasteiger partial charge in [0.25, 0.3) is 0 Å². The van der Waals surface area contributed by atoms with Crippen molar-refractivity contribution in [3.63, 3.8) is 0 Å². The average Bonchev–Trinajstić information content (AvgIpc) is 2.83. The van der Waals surface area contributed by atoms with E-state index in [2.05, 4.69) is 20.7 Å². The Morgan fingerprint density at radius 3 is 2.67 bits per heavy atom. The molecule has 0 radical (unpaired) electrons. The van der Waals surface area contributed by atoms with E-state index < -0.39 is 0 Å². The van der Waals surface area contributed by atoms with Gasteiger partial charge in [-0.3, -0.25) is 15.2 Å². The largest absolute Gasteiger partial charge is 0.338 e. The molecule has 0 saturated heterocycles. The molecule has 2 N–H and O–H groups in total. The van der Waals surface area contributed by atoms with Crippen molar-refractivity contribution in [3.8, 4) is 0 Å². The molecular formula is C12H14N4O2. The first-order chi connectivity index (χ1) is 8.58. The van der Waals surface area contributed by atoms with Crippen molar-refractivity contribution >= 4 is 11.8 Å². The van der Waals surface area contributed by atoms with E-state index in [0.29, 0.717) is 12.3 Å². The zero-order valence-corrected chi connectivity index (χ0v) is 10.5. The van der Waals surface area contributed by atoms with E-state index in [0.717, 1.165) is 28.2 Å². The van der Waals surface area contributed by atoms with Gasteiger partial charge in [0.1, 0.15) is 0 Å². The first kappa shape index (κ1) is 11.0. The van der Waals surface area contributed by atoms with E-state index in [9.17, 15) is 4.79 Å². The Morgan fingerprint density at radius 1 is 1.22 bits per heavy atom. The van der Waals surface area contributed by atoms with Crippen LogP contribution in [0, 0.1) is 20.8 Å². The van der Waals surface area contributed by atoms with Gasteiger partial charge >= 0.3 is 0 Å². The predicted molar refractivity (Wildman–Crippen MR) is 64.4 cm³/mol. The number of aromatic nitrogens is 3. The third-order valence-electron chi connectivity index (χ3n) is 3.43. The van der Waals surface area contributed by atoms with Crippen LogP contribution in [0.2, 0.25) is 0 Å². The molecule has 0 bridgehead atoms. The highest BCUT2D eigenvalue weighted by Crippen LogP contribution is 2.40. The summed E-state index contributed by atoms with van der Waals surface area (Å²) in [6, 6.07) is 0. The predicted octanol–water partition coefficient (Wildman–Crippen LogP) is 1.80. The fourth-order valence-electron chi connectivity index (χ4n) is 2.66. The molecule has 1 amide bonds. The number of hydrogen-bond donors (Lipinski definition) is 2. The van der Waals surface area contributed by atoms with Crippen LogP contribution in [0.15, 0.2) is 4.52 Å². The number of carbonyl (C=O) groups excluding carboxylic acids is 1. The molecule has 0 aliphatic carbocycles. The number of hydrogen-bond acceptors (Lipinski definition) is 4. The van der Waals surface area contributed by atoms with E-state index in [1.165, 1.54) is 0 Å². The first-order valence-corrected chi connectivity index (χ1v) is 5.85. The number of amides is 1. The maximum atomic E-state index is 11.7. The van der Waals surface area contributed by atoms with E-state index in [-0.39, 0.29) is 11.8 Å². The minimum atomic E-state index is -0.0522. The van der Waals surface area contributed by atoms with Gasteiger partial charge in [0, 0.05) is 29.2 Å². The second-order valence-corrected chi connectivity index (χ2v) is 4.66. The summed E-state index contributed by atoms with van der Waals surface area (Å²) in [5.41, 5.74) is 4.74. The van der Waals surface area contributed by atoms with Crippen LogP contribution in [0.1, 0.15) is 40.5 Å². The topological polar surface area (TPSA) is 83.8 Å². The molecule has 0 saturated carbocycles. The molecule has 0 aromatic carbocycles. The lowest BCUT2D eigenvalue weighted by atomic mass is 9.85. The standard InChI is InChI=1S/C12H14N4O2/c1-5-10(6(2)15-14-5)8-4-9(17)13-12-11(8)7(3)16-18-12/h8H,4H2,1-3H3,(H,13,17)(H,14,15).